The van der Waals surface area contributed by atoms with Gasteiger partial charge in [0, 0.05) is 19.3 Å². The molecule has 440 valence electrons. The van der Waals surface area contributed by atoms with E-state index in [0.717, 1.165) is 148 Å². The Kier molecular flexibility index (Phi) is 60.9. The van der Waals surface area contributed by atoms with E-state index in [1.54, 1.807) is 0 Å². The number of hydrogen-bond donors (Lipinski definition) is 0. The van der Waals surface area contributed by atoms with Crippen molar-refractivity contribution in [2.75, 3.05) is 13.2 Å². The summed E-state index contributed by atoms with van der Waals surface area (Å²) in [6.07, 6.45) is 93.1. The minimum absolute atomic E-state index is 0.0894. The van der Waals surface area contributed by atoms with Crippen LogP contribution in [0.3, 0.4) is 0 Å². The number of carbonyl (C=O) groups is 3. The van der Waals surface area contributed by atoms with Crippen molar-refractivity contribution in [2.45, 2.75) is 277 Å². The van der Waals surface area contributed by atoms with Gasteiger partial charge in [0.25, 0.3) is 0 Å². The number of ether oxygens (including phenoxy) is 3. The van der Waals surface area contributed by atoms with Crippen molar-refractivity contribution in [1.82, 2.24) is 0 Å². The number of unbranched alkanes of at least 4 members (excludes halogenated alkanes) is 21. The molecule has 0 fully saturated rings. The Balaban J connectivity index is 4.17. The Hall–Kier alpha value is -4.71. The maximum absolute atomic E-state index is 12.8. The number of allylic oxidation sites excluding steroid dienone is 24. The molecule has 0 aliphatic rings. The standard InChI is InChI=1S/C72H116O6/c1-4-7-10-13-16-18-20-22-24-26-28-30-32-34-35-36-37-39-40-42-44-46-48-50-52-54-56-59-62-65-71(74)77-68-69(67-76-70(73)64-61-58-15-12-9-6-3)78-72(75)66-63-60-57-55-53-51-49-47-45-43-41-38-33-31-29-27-25-23-21-19-17-14-11-8-5-2/h7-8,10-11,16-19,22-25,28-31,34-35,37-39,41,45,47,69H,4-6,9,12-15,20-21,26-27,32-33,36,40,42-44,46,48-68H2,1-3H3/b10-7-,11-8-,18-16-,19-17-,24-22-,25-23-,30-28-,31-29-,35-34-,39-37-,41-38-,47-45-. The van der Waals surface area contributed by atoms with Gasteiger partial charge < -0.3 is 14.2 Å². The quantitative estimate of drug-likeness (QED) is 0.0261. The molecule has 0 N–H and O–H groups in total. The second-order valence-corrected chi connectivity index (χ2v) is 20.6. The van der Waals surface area contributed by atoms with Gasteiger partial charge in [0.1, 0.15) is 13.2 Å². The van der Waals surface area contributed by atoms with Crippen LogP contribution in [0.5, 0.6) is 0 Å². The molecule has 1 atom stereocenters. The average molecular weight is 1080 g/mol. The van der Waals surface area contributed by atoms with Crippen molar-refractivity contribution in [3.8, 4) is 0 Å². The minimum Gasteiger partial charge on any atom is -0.462 e. The summed E-state index contributed by atoms with van der Waals surface area (Å²) in [6, 6.07) is 0. The molecule has 0 spiro atoms. The molecule has 78 heavy (non-hydrogen) atoms. The van der Waals surface area contributed by atoms with Gasteiger partial charge in [-0.05, 0) is 122 Å². The minimum atomic E-state index is -0.791. The number of rotatable bonds is 56. The summed E-state index contributed by atoms with van der Waals surface area (Å²) in [6.45, 7) is 6.33. The third kappa shape index (κ3) is 62.1. The highest BCUT2D eigenvalue weighted by Crippen LogP contribution is 2.15. The Morgan fingerprint density at radius 2 is 0.500 bits per heavy atom. The van der Waals surface area contributed by atoms with Crippen molar-refractivity contribution in [1.29, 1.82) is 0 Å². The van der Waals surface area contributed by atoms with Crippen LogP contribution in [0.15, 0.2) is 146 Å². The summed E-state index contributed by atoms with van der Waals surface area (Å²) in [7, 11) is 0. The topological polar surface area (TPSA) is 78.9 Å². The summed E-state index contributed by atoms with van der Waals surface area (Å²) in [5.74, 6) is -0.920. The van der Waals surface area contributed by atoms with Crippen LogP contribution < -0.4 is 0 Å². The van der Waals surface area contributed by atoms with E-state index < -0.39 is 6.10 Å². The smallest absolute Gasteiger partial charge is 0.306 e. The van der Waals surface area contributed by atoms with Crippen LogP contribution in [0.4, 0.5) is 0 Å². The third-order valence-corrected chi connectivity index (χ3v) is 13.1. The molecule has 0 aliphatic heterocycles. The van der Waals surface area contributed by atoms with Crippen LogP contribution >= 0.6 is 0 Å². The van der Waals surface area contributed by atoms with Crippen LogP contribution in [0.2, 0.25) is 0 Å². The zero-order chi connectivity index (χ0) is 56.4. The lowest BCUT2D eigenvalue weighted by molar-refractivity contribution is -0.167. The fraction of sp³-hybridized carbons (Fsp3) is 0.625. The van der Waals surface area contributed by atoms with Crippen LogP contribution in [-0.4, -0.2) is 37.2 Å². The Morgan fingerprint density at radius 3 is 0.782 bits per heavy atom. The van der Waals surface area contributed by atoms with Crippen LogP contribution in [-0.2, 0) is 28.6 Å². The number of carbonyl (C=O) groups excluding carboxylic acids is 3. The van der Waals surface area contributed by atoms with E-state index in [9.17, 15) is 14.4 Å². The van der Waals surface area contributed by atoms with Crippen molar-refractivity contribution in [3.05, 3.63) is 146 Å². The lowest BCUT2D eigenvalue weighted by Crippen LogP contribution is -2.30. The monoisotopic (exact) mass is 1080 g/mol. The average Bonchev–Trinajstić information content (AvgIpc) is 3.44. The molecule has 0 bridgehead atoms. The predicted octanol–water partition coefficient (Wildman–Crippen LogP) is 21.9. The van der Waals surface area contributed by atoms with Crippen molar-refractivity contribution in [2.24, 2.45) is 0 Å². The lowest BCUT2D eigenvalue weighted by atomic mass is 10.1. The second kappa shape index (κ2) is 64.8. The van der Waals surface area contributed by atoms with Crippen LogP contribution in [0.1, 0.15) is 271 Å². The van der Waals surface area contributed by atoms with E-state index >= 15 is 0 Å². The fourth-order valence-electron chi connectivity index (χ4n) is 8.39. The molecule has 6 nitrogen and oxygen atoms in total. The summed E-state index contributed by atoms with van der Waals surface area (Å²) in [5.41, 5.74) is 0. The second-order valence-electron chi connectivity index (χ2n) is 20.6. The van der Waals surface area contributed by atoms with E-state index in [4.69, 9.17) is 14.2 Å². The molecular weight excluding hydrogens is 961 g/mol. The Bertz CT molecular complexity index is 1710. The zero-order valence-corrected chi connectivity index (χ0v) is 50.4. The van der Waals surface area contributed by atoms with E-state index in [0.29, 0.717) is 19.3 Å². The fourth-order valence-corrected chi connectivity index (χ4v) is 8.39. The maximum atomic E-state index is 12.8. The number of esters is 3. The van der Waals surface area contributed by atoms with Crippen LogP contribution in [0.25, 0.3) is 0 Å². The van der Waals surface area contributed by atoms with Gasteiger partial charge in [-0.3, -0.25) is 14.4 Å². The maximum Gasteiger partial charge on any atom is 0.306 e. The summed E-state index contributed by atoms with van der Waals surface area (Å²) in [4.78, 5) is 38.0. The first-order chi connectivity index (χ1) is 38.5. The molecule has 1 unspecified atom stereocenters. The molecule has 0 aliphatic carbocycles. The molecule has 0 aromatic heterocycles. The molecule has 0 saturated heterocycles. The SMILES string of the molecule is CC/C=C\C/C=C\C/C=C\C/C=C\C/C=C\C/C=C\CCCCCCCCCCCCC(=O)OCC(COC(=O)CCCCCCCC)OC(=O)CCCCCCCC/C=C\C/C=C\C/C=C\C/C=C\C/C=C\C/C=C\CC. The highest BCUT2D eigenvalue weighted by Gasteiger charge is 2.19. The van der Waals surface area contributed by atoms with Gasteiger partial charge in [-0.15, -0.1) is 0 Å². The lowest BCUT2D eigenvalue weighted by Gasteiger charge is -2.18. The molecule has 6 heteroatoms. The Morgan fingerprint density at radius 1 is 0.269 bits per heavy atom. The van der Waals surface area contributed by atoms with Gasteiger partial charge >= 0.3 is 17.9 Å². The first-order valence-corrected chi connectivity index (χ1v) is 31.8. The van der Waals surface area contributed by atoms with Gasteiger partial charge in [-0.25, -0.2) is 0 Å². The highest BCUT2D eigenvalue weighted by atomic mass is 16.6. The first kappa shape index (κ1) is 73.3. The van der Waals surface area contributed by atoms with E-state index in [-0.39, 0.29) is 31.1 Å². The molecular formula is C72H116O6. The molecule has 0 amide bonds. The van der Waals surface area contributed by atoms with Crippen LogP contribution in [0, 0.1) is 0 Å². The zero-order valence-electron chi connectivity index (χ0n) is 50.4. The molecule has 0 aromatic carbocycles. The van der Waals surface area contributed by atoms with Gasteiger partial charge in [0.2, 0.25) is 0 Å². The van der Waals surface area contributed by atoms with Gasteiger partial charge in [0.15, 0.2) is 6.10 Å². The van der Waals surface area contributed by atoms with E-state index in [1.807, 2.05) is 0 Å². The van der Waals surface area contributed by atoms with E-state index in [1.165, 1.54) is 83.5 Å². The molecule has 0 rings (SSSR count). The van der Waals surface area contributed by atoms with Gasteiger partial charge in [0.05, 0.1) is 0 Å². The van der Waals surface area contributed by atoms with Crippen molar-refractivity contribution >= 4 is 17.9 Å². The summed E-state index contributed by atoms with van der Waals surface area (Å²) < 4.78 is 16.8. The molecule has 0 heterocycles. The normalized spacial score (nSPS) is 13.1. The summed E-state index contributed by atoms with van der Waals surface area (Å²) >= 11 is 0. The molecule has 0 saturated carbocycles. The summed E-state index contributed by atoms with van der Waals surface area (Å²) in [5, 5.41) is 0. The number of hydrogen-bond acceptors (Lipinski definition) is 6. The third-order valence-electron chi connectivity index (χ3n) is 13.1. The largest absolute Gasteiger partial charge is 0.462 e. The predicted molar refractivity (Wildman–Crippen MR) is 339 cm³/mol. The first-order valence-electron chi connectivity index (χ1n) is 31.8. The molecule has 0 aromatic rings. The van der Waals surface area contributed by atoms with Gasteiger partial charge in [-0.2, -0.15) is 0 Å². The highest BCUT2D eigenvalue weighted by molar-refractivity contribution is 5.71. The Labute approximate surface area is 480 Å². The van der Waals surface area contributed by atoms with Crippen molar-refractivity contribution in [3.63, 3.8) is 0 Å². The molecule has 0 radical (unpaired) electrons. The van der Waals surface area contributed by atoms with Crippen molar-refractivity contribution < 1.29 is 28.6 Å². The van der Waals surface area contributed by atoms with Gasteiger partial charge in [-0.1, -0.05) is 276 Å². The van der Waals surface area contributed by atoms with E-state index in [2.05, 4.69) is 167 Å².